The standard InChI is InChI=1S/C23H33N3O5S/c1-16(2)26(17-8-6-11-24-15-17)23(27)19-14-20(31-13-7-12-30-3)18-9-5-10-21(22(18)25-19)32(4,28)29/h5,9-10,14,16-17,24H,6-8,11-13,15H2,1-4H3/t17-/m1/s1. The van der Waals surface area contributed by atoms with E-state index in [4.69, 9.17) is 9.47 Å². The summed E-state index contributed by atoms with van der Waals surface area (Å²) in [5.74, 6) is 0.228. The third-order valence-electron chi connectivity index (χ3n) is 5.59. The van der Waals surface area contributed by atoms with Gasteiger partial charge in [-0.05, 0) is 45.4 Å². The van der Waals surface area contributed by atoms with Crippen molar-refractivity contribution in [1.29, 1.82) is 0 Å². The Morgan fingerprint density at radius 2 is 2.09 bits per heavy atom. The number of amides is 1. The smallest absolute Gasteiger partial charge is 0.273 e. The van der Waals surface area contributed by atoms with Crippen LogP contribution in [0.3, 0.4) is 0 Å². The van der Waals surface area contributed by atoms with Crippen molar-refractivity contribution in [3.05, 3.63) is 30.0 Å². The maximum atomic E-state index is 13.6. The number of carbonyl (C=O) groups excluding carboxylic acids is 1. The lowest BCUT2D eigenvalue weighted by molar-refractivity contribution is 0.0567. The fourth-order valence-electron chi connectivity index (χ4n) is 4.13. The quantitative estimate of drug-likeness (QED) is 0.571. The first-order chi connectivity index (χ1) is 15.2. The summed E-state index contributed by atoms with van der Waals surface area (Å²) in [6, 6.07) is 6.61. The number of fused-ring (bicyclic) bond motifs is 1. The maximum absolute atomic E-state index is 13.6. The molecule has 0 spiro atoms. The molecule has 0 radical (unpaired) electrons. The lowest BCUT2D eigenvalue weighted by atomic mass is 10.0. The highest BCUT2D eigenvalue weighted by molar-refractivity contribution is 7.91. The number of hydrogen-bond acceptors (Lipinski definition) is 7. The number of para-hydroxylation sites is 1. The zero-order valence-electron chi connectivity index (χ0n) is 19.3. The summed E-state index contributed by atoms with van der Waals surface area (Å²) in [7, 11) is -1.93. The first kappa shape index (κ1) is 24.4. The number of methoxy groups -OCH3 is 1. The van der Waals surface area contributed by atoms with Crippen molar-refractivity contribution in [3.8, 4) is 5.75 Å². The minimum atomic E-state index is -3.55. The van der Waals surface area contributed by atoms with Crippen LogP contribution in [0, 0.1) is 0 Å². The van der Waals surface area contributed by atoms with Crippen molar-refractivity contribution in [2.45, 2.75) is 50.1 Å². The van der Waals surface area contributed by atoms with Crippen LogP contribution in [0.25, 0.3) is 10.9 Å². The van der Waals surface area contributed by atoms with E-state index in [0.29, 0.717) is 30.8 Å². The SMILES string of the molecule is COCCCOc1cc(C(=O)N(C(C)C)[C@@H]2CCCNC2)nc2c(S(C)(=O)=O)cccc12. The average Bonchev–Trinajstić information content (AvgIpc) is 2.76. The van der Waals surface area contributed by atoms with E-state index in [9.17, 15) is 13.2 Å². The number of nitrogens with one attached hydrogen (secondary N) is 1. The summed E-state index contributed by atoms with van der Waals surface area (Å²) < 4.78 is 35.9. The number of pyridine rings is 1. The molecule has 176 valence electrons. The van der Waals surface area contributed by atoms with E-state index in [-0.39, 0.29) is 34.1 Å². The van der Waals surface area contributed by atoms with Crippen LogP contribution < -0.4 is 10.1 Å². The minimum absolute atomic E-state index is 0.0267. The minimum Gasteiger partial charge on any atom is -0.493 e. The second-order valence-corrected chi connectivity index (χ2v) is 10.4. The van der Waals surface area contributed by atoms with Crippen LogP contribution in [0.5, 0.6) is 5.75 Å². The highest BCUT2D eigenvalue weighted by atomic mass is 32.2. The molecule has 9 heteroatoms. The van der Waals surface area contributed by atoms with Crippen molar-refractivity contribution in [1.82, 2.24) is 15.2 Å². The van der Waals surface area contributed by atoms with Crippen LogP contribution in [-0.2, 0) is 14.6 Å². The van der Waals surface area contributed by atoms with Crippen LogP contribution in [0.2, 0.25) is 0 Å². The molecule has 0 bridgehead atoms. The van der Waals surface area contributed by atoms with Gasteiger partial charge in [-0.1, -0.05) is 6.07 Å². The van der Waals surface area contributed by atoms with Gasteiger partial charge < -0.3 is 19.7 Å². The Morgan fingerprint density at radius 1 is 1.31 bits per heavy atom. The predicted octanol–water partition coefficient (Wildman–Crippen LogP) is 2.66. The molecule has 0 saturated carbocycles. The second-order valence-electron chi connectivity index (χ2n) is 8.43. The summed E-state index contributed by atoms with van der Waals surface area (Å²) in [5.41, 5.74) is 0.447. The van der Waals surface area contributed by atoms with E-state index < -0.39 is 9.84 Å². The summed E-state index contributed by atoms with van der Waals surface area (Å²) in [6.07, 6.45) is 3.73. The second kappa shape index (κ2) is 10.6. The number of nitrogens with zero attached hydrogens (tertiary/aromatic N) is 2. The number of hydrogen-bond donors (Lipinski definition) is 1. The Labute approximate surface area is 190 Å². The first-order valence-corrected chi connectivity index (χ1v) is 12.9. The molecule has 1 N–H and O–H groups in total. The number of aromatic nitrogens is 1. The molecule has 1 aromatic carbocycles. The third kappa shape index (κ3) is 5.57. The number of rotatable bonds is 9. The molecule has 1 amide bonds. The summed E-state index contributed by atoms with van der Waals surface area (Å²) >= 11 is 0. The molecule has 1 aliphatic heterocycles. The fourth-order valence-corrected chi connectivity index (χ4v) is 4.96. The normalized spacial score (nSPS) is 17.0. The van der Waals surface area contributed by atoms with E-state index >= 15 is 0 Å². The van der Waals surface area contributed by atoms with Gasteiger partial charge in [0.05, 0.1) is 17.0 Å². The Bertz CT molecular complexity index is 1050. The number of carbonyl (C=O) groups is 1. The molecule has 3 rings (SSSR count). The highest BCUT2D eigenvalue weighted by Gasteiger charge is 2.30. The summed E-state index contributed by atoms with van der Waals surface area (Å²) in [6.45, 7) is 6.56. The maximum Gasteiger partial charge on any atom is 0.273 e. The van der Waals surface area contributed by atoms with Gasteiger partial charge in [0.15, 0.2) is 9.84 Å². The van der Waals surface area contributed by atoms with E-state index in [1.165, 1.54) is 6.07 Å². The molecule has 32 heavy (non-hydrogen) atoms. The molecule has 2 heterocycles. The molecule has 1 aromatic heterocycles. The van der Waals surface area contributed by atoms with Gasteiger partial charge in [0, 0.05) is 56.5 Å². The van der Waals surface area contributed by atoms with Gasteiger partial charge in [-0.2, -0.15) is 0 Å². The van der Waals surface area contributed by atoms with E-state index in [2.05, 4.69) is 10.3 Å². The van der Waals surface area contributed by atoms with Gasteiger partial charge in [-0.25, -0.2) is 13.4 Å². The van der Waals surface area contributed by atoms with Gasteiger partial charge >= 0.3 is 0 Å². The Hall–Kier alpha value is -2.23. The molecule has 0 aliphatic carbocycles. The molecular weight excluding hydrogens is 430 g/mol. The van der Waals surface area contributed by atoms with E-state index in [1.54, 1.807) is 25.3 Å². The van der Waals surface area contributed by atoms with Gasteiger partial charge in [0.1, 0.15) is 11.4 Å². The molecule has 1 fully saturated rings. The predicted molar refractivity (Wildman–Crippen MR) is 124 cm³/mol. The van der Waals surface area contributed by atoms with Crippen molar-refractivity contribution in [2.75, 3.05) is 39.7 Å². The first-order valence-electron chi connectivity index (χ1n) is 11.0. The molecular formula is C23H33N3O5S. The van der Waals surface area contributed by atoms with Crippen LogP contribution in [0.15, 0.2) is 29.2 Å². The lowest BCUT2D eigenvalue weighted by Crippen LogP contribution is -2.51. The topological polar surface area (TPSA) is 97.8 Å². The highest BCUT2D eigenvalue weighted by Crippen LogP contribution is 2.31. The van der Waals surface area contributed by atoms with Crippen molar-refractivity contribution < 1.29 is 22.7 Å². The largest absolute Gasteiger partial charge is 0.493 e. The van der Waals surface area contributed by atoms with Crippen molar-refractivity contribution >= 4 is 26.6 Å². The number of benzene rings is 1. The molecule has 0 unspecified atom stereocenters. The zero-order valence-corrected chi connectivity index (χ0v) is 20.1. The summed E-state index contributed by atoms with van der Waals surface area (Å²) in [5, 5.41) is 3.92. The molecule has 1 atom stereocenters. The average molecular weight is 464 g/mol. The number of ether oxygens (including phenoxy) is 2. The fraction of sp³-hybridized carbons (Fsp3) is 0.565. The monoisotopic (exact) mass is 463 g/mol. The summed E-state index contributed by atoms with van der Waals surface area (Å²) in [4.78, 5) is 20.1. The molecule has 1 aliphatic rings. The molecule has 2 aromatic rings. The Balaban J connectivity index is 2.09. The lowest BCUT2D eigenvalue weighted by Gasteiger charge is -2.37. The van der Waals surface area contributed by atoms with Crippen LogP contribution in [0.4, 0.5) is 0 Å². The molecule has 8 nitrogen and oxygen atoms in total. The number of piperidine rings is 1. The van der Waals surface area contributed by atoms with Gasteiger partial charge in [-0.15, -0.1) is 0 Å². The van der Waals surface area contributed by atoms with Gasteiger partial charge in [-0.3, -0.25) is 4.79 Å². The molecule has 1 saturated heterocycles. The van der Waals surface area contributed by atoms with Crippen LogP contribution >= 0.6 is 0 Å². The van der Waals surface area contributed by atoms with Crippen LogP contribution in [0.1, 0.15) is 43.6 Å². The van der Waals surface area contributed by atoms with Crippen molar-refractivity contribution in [3.63, 3.8) is 0 Å². The zero-order chi connectivity index (χ0) is 23.3. The Kier molecular flexibility index (Phi) is 8.08. The number of sulfone groups is 1. The van der Waals surface area contributed by atoms with Crippen molar-refractivity contribution in [2.24, 2.45) is 0 Å². The Morgan fingerprint density at radius 3 is 2.72 bits per heavy atom. The van der Waals surface area contributed by atoms with Gasteiger partial charge in [0.2, 0.25) is 0 Å². The van der Waals surface area contributed by atoms with Gasteiger partial charge in [0.25, 0.3) is 5.91 Å². The van der Waals surface area contributed by atoms with E-state index in [1.807, 2.05) is 18.7 Å². The third-order valence-corrected chi connectivity index (χ3v) is 6.72. The van der Waals surface area contributed by atoms with Crippen LogP contribution in [-0.4, -0.2) is 76.0 Å². The van der Waals surface area contributed by atoms with E-state index in [0.717, 1.165) is 32.2 Å².